The Kier molecular flexibility index (Phi) is 8.52. The monoisotopic (exact) mass is 624 g/mol. The average molecular weight is 625 g/mol. The molecule has 0 saturated carbocycles. The molecule has 0 atom stereocenters. The summed E-state index contributed by atoms with van der Waals surface area (Å²) < 4.78 is 6.75. The second-order valence-corrected chi connectivity index (χ2v) is 12.2. The van der Waals surface area contributed by atoms with E-state index in [0.717, 1.165) is 56.2 Å². The van der Waals surface area contributed by atoms with Crippen LogP contribution >= 0.6 is 12.2 Å². The second-order valence-electron chi connectivity index (χ2n) is 11.9. The normalized spacial score (nSPS) is 12.9. The van der Waals surface area contributed by atoms with Gasteiger partial charge in [-0.2, -0.15) is 0 Å². The minimum Gasteiger partial charge on any atom is -0.455 e. The van der Waals surface area contributed by atoms with E-state index in [1.165, 1.54) is 38.6 Å². The van der Waals surface area contributed by atoms with E-state index in [2.05, 4.69) is 166 Å². The van der Waals surface area contributed by atoms with Gasteiger partial charge in [0, 0.05) is 21.7 Å². The van der Waals surface area contributed by atoms with Crippen LogP contribution in [0.4, 0.5) is 0 Å². The molecule has 6 aromatic carbocycles. The van der Waals surface area contributed by atoms with Crippen LogP contribution in [0.25, 0.3) is 55.0 Å². The zero-order chi connectivity index (χ0) is 32.3. The van der Waals surface area contributed by atoms with E-state index in [9.17, 15) is 0 Å². The molecule has 0 N–H and O–H groups in total. The summed E-state index contributed by atoms with van der Waals surface area (Å²) in [7, 11) is 0. The molecule has 0 aliphatic carbocycles. The number of allylic oxidation sites excluding steroid dienone is 4. The molecule has 0 amide bonds. The fraction of sp³-hybridized carbons (Fsp3) is 0.0889. The fourth-order valence-electron chi connectivity index (χ4n) is 6.83. The van der Waals surface area contributed by atoms with Crippen molar-refractivity contribution in [3.05, 3.63) is 179 Å². The largest absolute Gasteiger partial charge is 0.455 e. The Morgan fingerprint density at radius 1 is 0.596 bits per heavy atom. The van der Waals surface area contributed by atoms with Crippen molar-refractivity contribution in [2.24, 2.45) is 0 Å². The summed E-state index contributed by atoms with van der Waals surface area (Å²) in [6.07, 6.45) is 5.46. The number of hydrogen-bond donors (Lipinski definition) is 0. The highest BCUT2D eigenvalue weighted by Crippen LogP contribution is 2.43. The summed E-state index contributed by atoms with van der Waals surface area (Å²) >= 11 is 5.66. The van der Waals surface area contributed by atoms with Crippen molar-refractivity contribution in [1.82, 2.24) is 0 Å². The predicted molar refractivity (Wildman–Crippen MR) is 206 cm³/mol. The number of fused-ring (bicyclic) bond motifs is 5. The van der Waals surface area contributed by atoms with Gasteiger partial charge in [0.1, 0.15) is 11.2 Å². The lowest BCUT2D eigenvalue weighted by molar-refractivity contribution is 0.668. The van der Waals surface area contributed by atoms with Gasteiger partial charge >= 0.3 is 0 Å². The van der Waals surface area contributed by atoms with Crippen LogP contribution in [0.5, 0.6) is 0 Å². The van der Waals surface area contributed by atoms with Crippen LogP contribution < -0.4 is 0 Å². The first-order chi connectivity index (χ1) is 23.1. The Morgan fingerprint density at radius 3 is 1.96 bits per heavy atom. The van der Waals surface area contributed by atoms with E-state index >= 15 is 0 Å². The fourth-order valence-corrected chi connectivity index (χ4v) is 6.95. The summed E-state index contributed by atoms with van der Waals surface area (Å²) in [4.78, 5) is 0. The Balaban J connectivity index is 1.53. The maximum atomic E-state index is 6.75. The van der Waals surface area contributed by atoms with Crippen molar-refractivity contribution in [3.8, 4) is 11.1 Å². The Bertz CT molecular complexity index is 2370. The molecule has 2 heteroatoms. The number of benzene rings is 6. The third-order valence-electron chi connectivity index (χ3n) is 8.97. The Labute approximate surface area is 282 Å². The highest BCUT2D eigenvalue weighted by atomic mass is 32.1. The minimum absolute atomic E-state index is 0.873. The van der Waals surface area contributed by atoms with Gasteiger partial charge in [0.25, 0.3) is 0 Å². The molecule has 7 aromatic rings. The topological polar surface area (TPSA) is 13.1 Å². The van der Waals surface area contributed by atoms with E-state index in [1.807, 2.05) is 0 Å². The summed E-state index contributed by atoms with van der Waals surface area (Å²) in [5, 5.41) is 6.44. The smallest absolute Gasteiger partial charge is 0.143 e. The van der Waals surface area contributed by atoms with E-state index in [0.29, 0.717) is 0 Å². The molecule has 0 radical (unpaired) electrons. The van der Waals surface area contributed by atoms with Crippen LogP contribution in [0.1, 0.15) is 49.4 Å². The van der Waals surface area contributed by atoms with E-state index < -0.39 is 0 Å². The molecular formula is C45H36OS. The van der Waals surface area contributed by atoms with E-state index in [-0.39, 0.29) is 0 Å². The number of furan rings is 1. The number of para-hydroxylation sites is 1. The number of thiocarbonyl (C=S) groups is 1. The Morgan fingerprint density at radius 2 is 1.21 bits per heavy atom. The highest BCUT2D eigenvalue weighted by Gasteiger charge is 2.23. The van der Waals surface area contributed by atoms with Crippen LogP contribution in [0, 0.1) is 0 Å². The first kappa shape index (κ1) is 30.3. The molecule has 0 aliphatic heterocycles. The maximum absolute atomic E-state index is 6.75. The van der Waals surface area contributed by atoms with Crippen molar-refractivity contribution in [3.63, 3.8) is 0 Å². The molecule has 1 aromatic heterocycles. The zero-order valence-electron chi connectivity index (χ0n) is 27.0. The molecule has 0 fully saturated rings. The molecule has 0 saturated heterocycles. The van der Waals surface area contributed by atoms with Gasteiger partial charge in [0.15, 0.2) is 0 Å². The zero-order valence-corrected chi connectivity index (χ0v) is 27.8. The summed E-state index contributed by atoms with van der Waals surface area (Å²) in [5.74, 6) is 0. The lowest BCUT2D eigenvalue weighted by Gasteiger charge is -2.21. The van der Waals surface area contributed by atoms with Gasteiger partial charge in [-0.3, -0.25) is 0 Å². The molecule has 47 heavy (non-hydrogen) atoms. The van der Waals surface area contributed by atoms with Gasteiger partial charge < -0.3 is 4.42 Å². The van der Waals surface area contributed by atoms with Crippen molar-refractivity contribution in [2.45, 2.75) is 27.2 Å². The SMILES string of the molecule is CC/C=C\C(C)=C(\c1ccccc1/C(=C(\C)C=S)c1cccc2c1oc1ccc3ccccc3c12)c1ccccc1-c1ccccc1. The number of rotatable bonds is 8. The lowest BCUT2D eigenvalue weighted by atomic mass is 9.82. The summed E-state index contributed by atoms with van der Waals surface area (Å²) in [6, 6.07) is 47.4. The van der Waals surface area contributed by atoms with Gasteiger partial charge in [0.05, 0.1) is 0 Å². The first-order valence-electron chi connectivity index (χ1n) is 16.2. The number of hydrogen-bond acceptors (Lipinski definition) is 2. The van der Waals surface area contributed by atoms with Crippen LogP contribution in [-0.4, -0.2) is 5.37 Å². The van der Waals surface area contributed by atoms with Crippen molar-refractivity contribution in [2.75, 3.05) is 0 Å². The highest BCUT2D eigenvalue weighted by molar-refractivity contribution is 7.79. The summed E-state index contributed by atoms with van der Waals surface area (Å²) in [5.41, 5.74) is 13.1. The van der Waals surface area contributed by atoms with Crippen LogP contribution in [0.2, 0.25) is 0 Å². The molecule has 0 aliphatic rings. The van der Waals surface area contributed by atoms with Crippen LogP contribution in [-0.2, 0) is 0 Å². The van der Waals surface area contributed by atoms with Crippen molar-refractivity contribution in [1.29, 1.82) is 0 Å². The lowest BCUT2D eigenvalue weighted by Crippen LogP contribution is -2.02. The standard InChI is InChI=1S/C45H36OS/c1-4-5-16-30(2)42(36-22-12-11-20-34(36)32-17-7-6-8-18-32)37-23-13-14-24-38(37)43(31(3)29-47)39-25-15-26-40-44-35-21-10-9-19-33(35)27-28-41(44)46-45(39)40/h5-29H,4H2,1-3H3/b16-5-,42-30+,43-31-. The molecule has 1 nitrogen and oxygen atoms in total. The van der Waals surface area contributed by atoms with E-state index in [1.54, 1.807) is 5.37 Å². The molecule has 228 valence electrons. The van der Waals surface area contributed by atoms with Gasteiger partial charge in [-0.1, -0.05) is 159 Å². The van der Waals surface area contributed by atoms with Crippen molar-refractivity contribution >= 4 is 61.4 Å². The summed E-state index contributed by atoms with van der Waals surface area (Å²) in [6.45, 7) is 6.51. The molecule has 0 spiro atoms. The van der Waals surface area contributed by atoms with Gasteiger partial charge in [-0.25, -0.2) is 0 Å². The predicted octanol–water partition coefficient (Wildman–Crippen LogP) is 13.0. The Hall–Kier alpha value is -5.31. The quantitative estimate of drug-likeness (QED) is 0.0948. The van der Waals surface area contributed by atoms with Crippen molar-refractivity contribution < 1.29 is 4.42 Å². The second kappa shape index (κ2) is 13.2. The van der Waals surface area contributed by atoms with Gasteiger partial charge in [0.2, 0.25) is 0 Å². The third-order valence-corrected chi connectivity index (χ3v) is 9.33. The van der Waals surface area contributed by atoms with Gasteiger partial charge in [-0.15, -0.1) is 0 Å². The third kappa shape index (κ3) is 5.56. The van der Waals surface area contributed by atoms with Gasteiger partial charge in [-0.05, 0) is 87.2 Å². The minimum atomic E-state index is 0.873. The molecule has 0 bridgehead atoms. The molecule has 0 unspecified atom stereocenters. The molecule has 7 rings (SSSR count). The average Bonchev–Trinajstić information content (AvgIpc) is 3.52. The molecule has 1 heterocycles. The van der Waals surface area contributed by atoms with E-state index in [4.69, 9.17) is 16.6 Å². The molecular weight excluding hydrogens is 589 g/mol. The van der Waals surface area contributed by atoms with Crippen LogP contribution in [0.15, 0.2) is 161 Å². The first-order valence-corrected chi connectivity index (χ1v) is 16.7. The van der Waals surface area contributed by atoms with Crippen LogP contribution in [0.3, 0.4) is 0 Å². The maximum Gasteiger partial charge on any atom is 0.143 e.